The zero-order valence-corrected chi connectivity index (χ0v) is 12.2. The van der Waals surface area contributed by atoms with E-state index in [1.807, 2.05) is 32.9 Å². The van der Waals surface area contributed by atoms with Gasteiger partial charge in [0.05, 0.1) is 5.56 Å². The fourth-order valence-corrected chi connectivity index (χ4v) is 2.46. The van der Waals surface area contributed by atoms with Crippen LogP contribution in [0.25, 0.3) is 0 Å². The summed E-state index contributed by atoms with van der Waals surface area (Å²) in [7, 11) is 0. The Morgan fingerprint density at radius 2 is 1.80 bits per heavy atom. The second-order valence-corrected chi connectivity index (χ2v) is 6.03. The lowest BCUT2D eigenvalue weighted by Crippen LogP contribution is -2.40. The van der Waals surface area contributed by atoms with Gasteiger partial charge in [0.1, 0.15) is 0 Å². The maximum absolute atomic E-state index is 12.4. The second kappa shape index (κ2) is 5.23. The van der Waals surface area contributed by atoms with Gasteiger partial charge in [0.15, 0.2) is 12.4 Å². The Balaban J connectivity index is 1.98. The highest BCUT2D eigenvalue weighted by Gasteiger charge is 2.47. The van der Waals surface area contributed by atoms with Gasteiger partial charge in [-0.15, -0.1) is 0 Å². The van der Waals surface area contributed by atoms with Crippen molar-refractivity contribution in [2.75, 3.05) is 6.61 Å². The molecule has 3 heteroatoms. The molecule has 0 fully saturated rings. The number of carbonyl (C=O) groups is 2. The van der Waals surface area contributed by atoms with Crippen molar-refractivity contribution < 1.29 is 14.3 Å². The van der Waals surface area contributed by atoms with E-state index in [1.165, 1.54) is 0 Å². The highest BCUT2D eigenvalue weighted by Crippen LogP contribution is 2.48. The van der Waals surface area contributed by atoms with Crippen LogP contribution in [0.2, 0.25) is 0 Å². The van der Waals surface area contributed by atoms with E-state index in [-0.39, 0.29) is 17.8 Å². The van der Waals surface area contributed by atoms with Crippen LogP contribution in [0.1, 0.15) is 37.6 Å². The SMILES string of the molecule is CC1(C)C=CC[C@]1(C)C(=O)COC(=O)c1ccccc1. The number of ketones is 1. The predicted molar refractivity (Wildman–Crippen MR) is 77.4 cm³/mol. The molecular weight excluding hydrogens is 252 g/mol. The lowest BCUT2D eigenvalue weighted by Gasteiger charge is -2.36. The number of rotatable bonds is 4. The molecule has 0 N–H and O–H groups in total. The van der Waals surface area contributed by atoms with Gasteiger partial charge in [-0.25, -0.2) is 4.79 Å². The first-order valence-corrected chi connectivity index (χ1v) is 6.80. The van der Waals surface area contributed by atoms with Gasteiger partial charge in [-0.3, -0.25) is 4.79 Å². The Kier molecular flexibility index (Phi) is 3.80. The molecule has 0 radical (unpaired) electrons. The van der Waals surface area contributed by atoms with E-state index in [1.54, 1.807) is 24.3 Å². The molecule has 0 amide bonds. The van der Waals surface area contributed by atoms with Crippen molar-refractivity contribution in [2.24, 2.45) is 10.8 Å². The average molecular weight is 272 g/mol. The van der Waals surface area contributed by atoms with Crippen LogP contribution >= 0.6 is 0 Å². The molecule has 0 aliphatic heterocycles. The van der Waals surface area contributed by atoms with E-state index < -0.39 is 11.4 Å². The van der Waals surface area contributed by atoms with E-state index >= 15 is 0 Å². The number of esters is 1. The summed E-state index contributed by atoms with van der Waals surface area (Å²) < 4.78 is 5.14. The third-order valence-corrected chi connectivity index (χ3v) is 4.44. The van der Waals surface area contributed by atoms with Crippen LogP contribution in [0.4, 0.5) is 0 Å². The van der Waals surface area contributed by atoms with Crippen LogP contribution in [0.3, 0.4) is 0 Å². The Morgan fingerprint density at radius 1 is 1.15 bits per heavy atom. The van der Waals surface area contributed by atoms with E-state index in [0.29, 0.717) is 12.0 Å². The fourth-order valence-electron chi connectivity index (χ4n) is 2.46. The predicted octanol–water partition coefficient (Wildman–Crippen LogP) is 3.40. The lowest BCUT2D eigenvalue weighted by atomic mass is 9.66. The highest BCUT2D eigenvalue weighted by molar-refractivity contribution is 5.93. The van der Waals surface area contributed by atoms with Gasteiger partial charge < -0.3 is 4.74 Å². The molecule has 1 aliphatic rings. The van der Waals surface area contributed by atoms with Crippen molar-refractivity contribution in [3.8, 4) is 0 Å². The molecule has 106 valence electrons. The molecule has 1 aliphatic carbocycles. The molecule has 1 aromatic carbocycles. The van der Waals surface area contributed by atoms with Crippen LogP contribution in [-0.2, 0) is 9.53 Å². The van der Waals surface area contributed by atoms with E-state index in [9.17, 15) is 9.59 Å². The molecule has 1 atom stereocenters. The zero-order chi connectivity index (χ0) is 14.8. The van der Waals surface area contributed by atoms with Crippen molar-refractivity contribution in [1.29, 1.82) is 0 Å². The Bertz CT molecular complexity index is 543. The van der Waals surface area contributed by atoms with Crippen molar-refractivity contribution >= 4 is 11.8 Å². The van der Waals surface area contributed by atoms with E-state index in [4.69, 9.17) is 4.74 Å². The zero-order valence-electron chi connectivity index (χ0n) is 12.2. The molecular formula is C17H20O3. The summed E-state index contributed by atoms with van der Waals surface area (Å²) in [5.74, 6) is -0.483. The summed E-state index contributed by atoms with van der Waals surface area (Å²) in [4.78, 5) is 24.2. The largest absolute Gasteiger partial charge is 0.454 e. The molecule has 0 spiro atoms. The van der Waals surface area contributed by atoms with Gasteiger partial charge in [0.2, 0.25) is 0 Å². The average Bonchev–Trinajstić information content (AvgIpc) is 2.71. The number of carbonyl (C=O) groups excluding carboxylic acids is 2. The van der Waals surface area contributed by atoms with Gasteiger partial charge in [-0.05, 0) is 24.0 Å². The first-order chi connectivity index (χ1) is 9.37. The number of benzene rings is 1. The van der Waals surface area contributed by atoms with Crippen LogP contribution < -0.4 is 0 Å². The molecule has 0 bridgehead atoms. The summed E-state index contributed by atoms with van der Waals surface area (Å²) in [6.45, 7) is 5.84. The Morgan fingerprint density at radius 3 is 2.35 bits per heavy atom. The van der Waals surface area contributed by atoms with Crippen LogP contribution in [0.15, 0.2) is 42.5 Å². The molecule has 0 aromatic heterocycles. The molecule has 3 nitrogen and oxygen atoms in total. The maximum atomic E-state index is 12.4. The van der Waals surface area contributed by atoms with Crippen molar-refractivity contribution in [3.05, 3.63) is 48.0 Å². The van der Waals surface area contributed by atoms with Crippen LogP contribution in [0.5, 0.6) is 0 Å². The van der Waals surface area contributed by atoms with Crippen molar-refractivity contribution in [3.63, 3.8) is 0 Å². The van der Waals surface area contributed by atoms with E-state index in [0.717, 1.165) is 0 Å². The van der Waals surface area contributed by atoms with Gasteiger partial charge in [-0.2, -0.15) is 0 Å². The minimum Gasteiger partial charge on any atom is -0.454 e. The standard InChI is InChI=1S/C17H20O3/c1-16(2)10-7-11-17(16,3)14(18)12-20-15(19)13-8-5-4-6-9-13/h4-10H,11-12H2,1-3H3/t17-/m1/s1. The minimum absolute atomic E-state index is 0.0308. The molecule has 0 unspecified atom stereocenters. The van der Waals surface area contributed by atoms with E-state index in [2.05, 4.69) is 6.08 Å². The summed E-state index contributed by atoms with van der Waals surface area (Å²) >= 11 is 0. The third-order valence-electron chi connectivity index (χ3n) is 4.44. The van der Waals surface area contributed by atoms with Gasteiger partial charge >= 0.3 is 5.97 Å². The van der Waals surface area contributed by atoms with Crippen LogP contribution in [-0.4, -0.2) is 18.4 Å². The van der Waals surface area contributed by atoms with Gasteiger partial charge in [0.25, 0.3) is 0 Å². The highest BCUT2D eigenvalue weighted by atomic mass is 16.5. The quantitative estimate of drug-likeness (QED) is 0.623. The lowest BCUT2D eigenvalue weighted by molar-refractivity contribution is -0.135. The van der Waals surface area contributed by atoms with Crippen molar-refractivity contribution in [2.45, 2.75) is 27.2 Å². The number of ether oxygens (including phenoxy) is 1. The number of allylic oxidation sites excluding steroid dienone is 2. The molecule has 0 heterocycles. The summed E-state index contributed by atoms with van der Waals surface area (Å²) in [6, 6.07) is 8.72. The molecule has 1 aromatic rings. The molecule has 2 rings (SSSR count). The second-order valence-electron chi connectivity index (χ2n) is 6.03. The minimum atomic E-state index is -0.496. The molecule has 20 heavy (non-hydrogen) atoms. The monoisotopic (exact) mass is 272 g/mol. The van der Waals surface area contributed by atoms with Crippen LogP contribution in [0, 0.1) is 10.8 Å². The Hall–Kier alpha value is -1.90. The number of hydrogen-bond acceptors (Lipinski definition) is 3. The summed E-state index contributed by atoms with van der Waals surface area (Å²) in [5.41, 5.74) is -0.234. The van der Waals surface area contributed by atoms with Gasteiger partial charge in [-0.1, -0.05) is 51.1 Å². The van der Waals surface area contributed by atoms with Crippen molar-refractivity contribution in [1.82, 2.24) is 0 Å². The smallest absolute Gasteiger partial charge is 0.338 e. The molecule has 0 saturated carbocycles. The van der Waals surface area contributed by atoms with Gasteiger partial charge in [0, 0.05) is 5.41 Å². The summed E-state index contributed by atoms with van der Waals surface area (Å²) in [5, 5.41) is 0. The maximum Gasteiger partial charge on any atom is 0.338 e. The number of Topliss-reactive ketones (excluding diaryl/α,β-unsaturated/α-hetero) is 1. The normalized spacial score (nSPS) is 23.6. The Labute approximate surface area is 119 Å². The first kappa shape index (κ1) is 14.5. The first-order valence-electron chi connectivity index (χ1n) is 6.80. The number of hydrogen-bond donors (Lipinski definition) is 0. The fraction of sp³-hybridized carbons (Fsp3) is 0.412. The topological polar surface area (TPSA) is 43.4 Å². The molecule has 0 saturated heterocycles. The third kappa shape index (κ3) is 2.53. The summed E-state index contributed by atoms with van der Waals surface area (Å²) in [6.07, 6.45) is 4.78.